The maximum Gasteiger partial charge on any atom is 0.260 e. The fraction of sp³-hybridized carbons (Fsp3) is 0.167. The summed E-state index contributed by atoms with van der Waals surface area (Å²) in [5.74, 6) is -0.479. The molecule has 31 heavy (non-hydrogen) atoms. The highest BCUT2D eigenvalue weighted by molar-refractivity contribution is 6.16. The summed E-state index contributed by atoms with van der Waals surface area (Å²) in [7, 11) is 0. The predicted molar refractivity (Wildman–Crippen MR) is 114 cm³/mol. The van der Waals surface area contributed by atoms with Crippen LogP contribution in [0.15, 0.2) is 73.1 Å². The summed E-state index contributed by atoms with van der Waals surface area (Å²) in [6.45, 7) is 0.579. The third kappa shape index (κ3) is 3.24. The molecule has 5 rings (SSSR count). The van der Waals surface area contributed by atoms with E-state index in [9.17, 15) is 14.4 Å². The van der Waals surface area contributed by atoms with Crippen molar-refractivity contribution in [2.45, 2.75) is 19.1 Å². The topological polar surface area (TPSA) is 82.6 Å². The van der Waals surface area contributed by atoms with Gasteiger partial charge in [0.05, 0.1) is 11.3 Å². The Bertz CT molecular complexity index is 1180. The van der Waals surface area contributed by atoms with E-state index < -0.39 is 6.17 Å². The van der Waals surface area contributed by atoms with Crippen LogP contribution in [0.25, 0.3) is 0 Å². The molecule has 7 nitrogen and oxygen atoms in total. The number of hydrogen-bond donors (Lipinski definition) is 1. The molecule has 3 amide bonds. The van der Waals surface area contributed by atoms with Crippen LogP contribution in [-0.2, 0) is 11.3 Å². The van der Waals surface area contributed by atoms with Crippen molar-refractivity contribution in [2.24, 2.45) is 0 Å². The van der Waals surface area contributed by atoms with Crippen LogP contribution >= 0.6 is 0 Å². The van der Waals surface area contributed by atoms with Crippen molar-refractivity contribution < 1.29 is 14.4 Å². The minimum atomic E-state index is -0.544. The van der Waals surface area contributed by atoms with Gasteiger partial charge in [0.1, 0.15) is 6.17 Å². The zero-order valence-corrected chi connectivity index (χ0v) is 16.7. The number of pyridine rings is 1. The lowest BCUT2D eigenvalue weighted by molar-refractivity contribution is -0.121. The van der Waals surface area contributed by atoms with E-state index >= 15 is 0 Å². The number of carbonyl (C=O) groups is 3. The molecule has 0 saturated carbocycles. The van der Waals surface area contributed by atoms with E-state index in [1.165, 1.54) is 0 Å². The van der Waals surface area contributed by atoms with E-state index in [4.69, 9.17) is 0 Å². The molecule has 1 aromatic heterocycles. The number of aromatic nitrogens is 1. The Kier molecular flexibility index (Phi) is 4.71. The van der Waals surface area contributed by atoms with Gasteiger partial charge in [-0.1, -0.05) is 36.4 Å². The summed E-state index contributed by atoms with van der Waals surface area (Å²) >= 11 is 0. The van der Waals surface area contributed by atoms with Crippen molar-refractivity contribution in [1.29, 1.82) is 0 Å². The highest BCUT2D eigenvalue weighted by Gasteiger charge is 2.47. The molecule has 7 heteroatoms. The first-order chi connectivity index (χ1) is 15.1. The second-order valence-corrected chi connectivity index (χ2v) is 7.54. The molecule has 0 saturated heterocycles. The molecule has 2 aliphatic heterocycles. The van der Waals surface area contributed by atoms with Crippen LogP contribution in [0.2, 0.25) is 0 Å². The van der Waals surface area contributed by atoms with Gasteiger partial charge in [-0.3, -0.25) is 24.3 Å². The van der Waals surface area contributed by atoms with Crippen LogP contribution in [0.1, 0.15) is 44.4 Å². The maximum atomic E-state index is 13.3. The first-order valence-corrected chi connectivity index (χ1v) is 10.1. The van der Waals surface area contributed by atoms with Crippen LogP contribution < -0.4 is 10.2 Å². The minimum absolute atomic E-state index is 0.133. The molecule has 0 radical (unpaired) electrons. The minimum Gasteiger partial charge on any atom is -0.352 e. The van der Waals surface area contributed by atoms with Gasteiger partial charge in [0.25, 0.3) is 11.8 Å². The number of amides is 3. The van der Waals surface area contributed by atoms with E-state index in [0.29, 0.717) is 23.4 Å². The molecule has 0 fully saturated rings. The van der Waals surface area contributed by atoms with Gasteiger partial charge in [0.15, 0.2) is 0 Å². The Morgan fingerprint density at radius 3 is 2.52 bits per heavy atom. The Hall–Kier alpha value is -4.00. The van der Waals surface area contributed by atoms with Gasteiger partial charge in [-0.2, -0.15) is 0 Å². The number of carbonyl (C=O) groups excluding carboxylic acids is 3. The number of nitrogens with zero attached hydrogens (tertiary/aromatic N) is 3. The number of nitrogens with one attached hydrogen (secondary N) is 1. The molecule has 1 N–H and O–H groups in total. The van der Waals surface area contributed by atoms with Gasteiger partial charge >= 0.3 is 0 Å². The lowest BCUT2D eigenvalue weighted by Gasteiger charge is -2.40. The average Bonchev–Trinajstić information content (AvgIpc) is 3.11. The second kappa shape index (κ2) is 7.68. The van der Waals surface area contributed by atoms with Crippen LogP contribution in [-0.4, -0.2) is 34.2 Å². The van der Waals surface area contributed by atoms with Gasteiger partial charge in [-0.15, -0.1) is 0 Å². The second-order valence-electron chi connectivity index (χ2n) is 7.54. The summed E-state index contributed by atoms with van der Waals surface area (Å²) < 4.78 is 0. The van der Waals surface area contributed by atoms with Crippen molar-refractivity contribution in [3.8, 4) is 0 Å². The van der Waals surface area contributed by atoms with Gasteiger partial charge in [-0.25, -0.2) is 0 Å². The van der Waals surface area contributed by atoms with Crippen molar-refractivity contribution >= 4 is 23.4 Å². The van der Waals surface area contributed by atoms with E-state index in [2.05, 4.69) is 10.3 Å². The van der Waals surface area contributed by atoms with E-state index in [-0.39, 0.29) is 30.7 Å². The highest BCUT2D eigenvalue weighted by atomic mass is 16.2. The van der Waals surface area contributed by atoms with E-state index in [1.807, 2.05) is 36.4 Å². The van der Waals surface area contributed by atoms with Crippen molar-refractivity contribution in [3.63, 3.8) is 0 Å². The van der Waals surface area contributed by atoms with E-state index in [1.54, 1.807) is 46.5 Å². The molecule has 2 aliphatic rings. The first kappa shape index (κ1) is 19.0. The van der Waals surface area contributed by atoms with Crippen molar-refractivity contribution in [1.82, 2.24) is 15.2 Å². The standard InChI is InChI=1S/C24H20N4O3/c29-21(26-15-16-6-5-12-25-14-16)11-13-27-22-17-7-1-2-8-18(17)24(31)28(22)20-10-4-3-9-19(20)23(27)30/h1-10,12,14,22H,11,13,15H2,(H,26,29)/t22-/m0/s1. The highest BCUT2D eigenvalue weighted by Crippen LogP contribution is 2.45. The average molecular weight is 412 g/mol. The van der Waals surface area contributed by atoms with Gasteiger partial charge in [0.2, 0.25) is 5.91 Å². The maximum absolute atomic E-state index is 13.3. The summed E-state index contributed by atoms with van der Waals surface area (Å²) in [6, 6.07) is 18.1. The summed E-state index contributed by atoms with van der Waals surface area (Å²) in [5, 5.41) is 2.86. The zero-order valence-electron chi connectivity index (χ0n) is 16.7. The molecule has 154 valence electrons. The number of fused-ring (bicyclic) bond motifs is 5. The van der Waals surface area contributed by atoms with Crippen LogP contribution in [0.4, 0.5) is 5.69 Å². The molecule has 2 aromatic carbocycles. The van der Waals surface area contributed by atoms with Crippen LogP contribution in [0.3, 0.4) is 0 Å². The molecule has 0 aliphatic carbocycles. The number of benzene rings is 2. The molecule has 3 aromatic rings. The van der Waals surface area contributed by atoms with Gasteiger partial charge in [0, 0.05) is 43.0 Å². The third-order valence-electron chi connectivity index (χ3n) is 5.68. The zero-order chi connectivity index (χ0) is 21.4. The fourth-order valence-electron chi connectivity index (χ4n) is 4.21. The van der Waals surface area contributed by atoms with Gasteiger partial charge in [-0.05, 0) is 29.8 Å². The van der Waals surface area contributed by atoms with Crippen LogP contribution in [0, 0.1) is 0 Å². The van der Waals surface area contributed by atoms with E-state index in [0.717, 1.165) is 11.1 Å². The molecule has 0 unspecified atom stereocenters. The Balaban J connectivity index is 1.39. The number of anilines is 1. The molecule has 0 bridgehead atoms. The lowest BCUT2D eigenvalue weighted by Crippen LogP contribution is -2.49. The number of para-hydroxylation sites is 1. The van der Waals surface area contributed by atoms with Crippen molar-refractivity contribution in [2.75, 3.05) is 11.4 Å². The monoisotopic (exact) mass is 412 g/mol. The summed E-state index contributed by atoms with van der Waals surface area (Å²) in [6.07, 6.45) is 2.97. The van der Waals surface area contributed by atoms with Gasteiger partial charge < -0.3 is 10.2 Å². The van der Waals surface area contributed by atoms with Crippen LogP contribution in [0.5, 0.6) is 0 Å². The number of rotatable bonds is 5. The normalized spacial score (nSPS) is 16.6. The summed E-state index contributed by atoms with van der Waals surface area (Å²) in [4.78, 5) is 46.2. The smallest absolute Gasteiger partial charge is 0.260 e. The largest absolute Gasteiger partial charge is 0.352 e. The molecular formula is C24H20N4O3. The molecule has 1 atom stereocenters. The predicted octanol–water partition coefficient (Wildman–Crippen LogP) is 2.90. The van der Waals surface area contributed by atoms with Crippen molar-refractivity contribution in [3.05, 3.63) is 95.3 Å². The third-order valence-corrected chi connectivity index (χ3v) is 5.68. The Morgan fingerprint density at radius 2 is 1.71 bits per heavy atom. The SMILES string of the molecule is O=C(CCN1C(=O)c2ccccc2N2C(=O)c3ccccc3[C@@H]12)NCc1cccnc1. The Labute approximate surface area is 179 Å². The molecule has 3 heterocycles. The lowest BCUT2D eigenvalue weighted by atomic mass is 10.0. The summed E-state index contributed by atoms with van der Waals surface area (Å²) in [5.41, 5.74) is 3.35. The molecular weight excluding hydrogens is 392 g/mol. The Morgan fingerprint density at radius 1 is 0.935 bits per heavy atom. The fourth-order valence-corrected chi connectivity index (χ4v) is 4.21. The molecule has 0 spiro atoms. The first-order valence-electron chi connectivity index (χ1n) is 10.1. The number of hydrogen-bond acceptors (Lipinski definition) is 4. The quantitative estimate of drug-likeness (QED) is 0.699.